The van der Waals surface area contributed by atoms with E-state index in [1.165, 1.54) is 0 Å². The van der Waals surface area contributed by atoms with Crippen LogP contribution in [0.1, 0.15) is 25.7 Å². The lowest BCUT2D eigenvalue weighted by molar-refractivity contribution is -0.120. The Kier molecular flexibility index (Phi) is 5.03. The highest BCUT2D eigenvalue weighted by Gasteiger charge is 2.30. The van der Waals surface area contributed by atoms with Gasteiger partial charge in [-0.3, -0.25) is 14.5 Å². The first-order valence-electron chi connectivity index (χ1n) is 10.5. The number of benzene rings is 1. The van der Waals surface area contributed by atoms with Crippen LogP contribution < -0.4 is 15.4 Å². The number of rotatable bonds is 6. The van der Waals surface area contributed by atoms with Gasteiger partial charge in [0.1, 0.15) is 5.75 Å². The number of carbonyl (C=O) groups excluding carboxylic acids is 2. The highest BCUT2D eigenvalue weighted by Crippen LogP contribution is 2.30. The summed E-state index contributed by atoms with van der Waals surface area (Å²) in [6, 6.07) is 10.6. The standard InChI is InChI=1S/C22H24N6O3/c1-27-11-3-6-17(27)22(30)23-15-4-2-5-16(12-15)31-20-10-9-19-24-18(13-28(19)26-20)25-21(29)14-7-8-14/h2,4-5,9-10,12-14,17H,3,6-8,11H2,1H3,(H,23,30)(H,25,29)/t17-/m0/s1. The van der Waals surface area contributed by atoms with E-state index in [1.54, 1.807) is 35.0 Å². The molecule has 5 rings (SSSR count). The van der Waals surface area contributed by atoms with Crippen molar-refractivity contribution >= 4 is 29.0 Å². The fourth-order valence-electron chi connectivity index (χ4n) is 3.78. The molecule has 31 heavy (non-hydrogen) atoms. The Morgan fingerprint density at radius 2 is 1.97 bits per heavy atom. The fourth-order valence-corrected chi connectivity index (χ4v) is 3.78. The van der Waals surface area contributed by atoms with Gasteiger partial charge >= 0.3 is 0 Å². The number of hydrogen-bond acceptors (Lipinski definition) is 6. The molecule has 2 amide bonds. The summed E-state index contributed by atoms with van der Waals surface area (Å²) < 4.78 is 7.45. The molecule has 1 aliphatic heterocycles. The molecule has 0 radical (unpaired) electrons. The van der Waals surface area contributed by atoms with Crippen molar-refractivity contribution < 1.29 is 14.3 Å². The Balaban J connectivity index is 1.27. The number of nitrogens with one attached hydrogen (secondary N) is 2. The molecule has 0 spiro atoms. The van der Waals surface area contributed by atoms with E-state index >= 15 is 0 Å². The molecular formula is C22H24N6O3. The van der Waals surface area contributed by atoms with Gasteiger partial charge in [-0.2, -0.15) is 0 Å². The summed E-state index contributed by atoms with van der Waals surface area (Å²) >= 11 is 0. The van der Waals surface area contributed by atoms with Crippen molar-refractivity contribution in [3.8, 4) is 11.6 Å². The molecule has 1 aromatic carbocycles. The van der Waals surface area contributed by atoms with Crippen LogP contribution >= 0.6 is 0 Å². The van der Waals surface area contributed by atoms with E-state index in [0.717, 1.165) is 32.2 Å². The van der Waals surface area contributed by atoms with Crippen LogP contribution in [0.25, 0.3) is 5.65 Å². The van der Waals surface area contributed by atoms with Crippen molar-refractivity contribution in [3.05, 3.63) is 42.6 Å². The zero-order chi connectivity index (χ0) is 21.4. The molecule has 2 N–H and O–H groups in total. The van der Waals surface area contributed by atoms with E-state index in [1.807, 2.05) is 19.2 Å². The van der Waals surface area contributed by atoms with Gasteiger partial charge < -0.3 is 15.4 Å². The molecular weight excluding hydrogens is 396 g/mol. The second kappa shape index (κ2) is 7.99. The average Bonchev–Trinajstić information content (AvgIpc) is 3.39. The lowest BCUT2D eigenvalue weighted by Crippen LogP contribution is -2.37. The first-order valence-corrected chi connectivity index (χ1v) is 10.5. The maximum Gasteiger partial charge on any atom is 0.241 e. The molecule has 3 aromatic rings. The van der Waals surface area contributed by atoms with Crippen LogP contribution in [-0.2, 0) is 9.59 Å². The first-order chi connectivity index (χ1) is 15.0. The van der Waals surface area contributed by atoms with Crippen molar-refractivity contribution in [2.75, 3.05) is 24.2 Å². The van der Waals surface area contributed by atoms with Gasteiger partial charge in [0.25, 0.3) is 0 Å². The van der Waals surface area contributed by atoms with Crippen LogP contribution in [0, 0.1) is 5.92 Å². The van der Waals surface area contributed by atoms with Gasteiger partial charge in [-0.15, -0.1) is 5.10 Å². The molecule has 160 valence electrons. The van der Waals surface area contributed by atoms with Crippen LogP contribution in [0.3, 0.4) is 0 Å². The number of imidazole rings is 1. The maximum absolute atomic E-state index is 12.5. The van der Waals surface area contributed by atoms with Crippen LogP contribution in [0.15, 0.2) is 42.6 Å². The van der Waals surface area contributed by atoms with Gasteiger partial charge in [0.05, 0.1) is 12.2 Å². The predicted molar refractivity (Wildman–Crippen MR) is 115 cm³/mol. The number of ether oxygens (including phenoxy) is 1. The normalized spacial score (nSPS) is 18.8. The Bertz CT molecular complexity index is 1140. The van der Waals surface area contributed by atoms with E-state index in [-0.39, 0.29) is 23.8 Å². The summed E-state index contributed by atoms with van der Waals surface area (Å²) in [5.41, 5.74) is 1.29. The van der Waals surface area contributed by atoms with Gasteiger partial charge in [0.2, 0.25) is 17.7 Å². The number of nitrogens with zero attached hydrogens (tertiary/aromatic N) is 4. The Labute approximate surface area is 179 Å². The van der Waals surface area contributed by atoms with Crippen LogP contribution in [0.4, 0.5) is 11.5 Å². The Morgan fingerprint density at radius 3 is 2.74 bits per heavy atom. The number of amides is 2. The highest BCUT2D eigenvalue weighted by molar-refractivity contribution is 5.95. The van der Waals surface area contributed by atoms with Crippen molar-refractivity contribution in [2.24, 2.45) is 5.92 Å². The van der Waals surface area contributed by atoms with E-state index in [2.05, 4.69) is 25.6 Å². The summed E-state index contributed by atoms with van der Waals surface area (Å²) in [5.74, 6) is 1.52. The van der Waals surface area contributed by atoms with Gasteiger partial charge in [-0.05, 0) is 57.5 Å². The smallest absolute Gasteiger partial charge is 0.241 e. The summed E-state index contributed by atoms with van der Waals surface area (Å²) in [6.07, 6.45) is 5.44. The third kappa shape index (κ3) is 4.36. The summed E-state index contributed by atoms with van der Waals surface area (Å²) in [7, 11) is 1.97. The summed E-state index contributed by atoms with van der Waals surface area (Å²) in [6.45, 7) is 0.940. The quantitative estimate of drug-likeness (QED) is 0.636. The van der Waals surface area contributed by atoms with Crippen molar-refractivity contribution in [1.82, 2.24) is 19.5 Å². The zero-order valence-electron chi connectivity index (χ0n) is 17.2. The summed E-state index contributed by atoms with van der Waals surface area (Å²) in [5, 5.41) is 10.2. The highest BCUT2D eigenvalue weighted by atomic mass is 16.5. The van der Waals surface area contributed by atoms with Crippen LogP contribution in [-0.4, -0.2) is 50.9 Å². The first kappa shape index (κ1) is 19.5. The van der Waals surface area contributed by atoms with Gasteiger partial charge in [0.15, 0.2) is 11.5 Å². The Hall–Kier alpha value is -3.46. The second-order valence-corrected chi connectivity index (χ2v) is 8.12. The SMILES string of the molecule is CN1CCC[C@H]1C(=O)Nc1cccc(Oc2ccc3nc(NC(=O)C4CC4)cn3n2)c1. The number of aromatic nitrogens is 3. The minimum Gasteiger partial charge on any atom is -0.438 e. The predicted octanol–water partition coefficient (Wildman–Crippen LogP) is 2.90. The molecule has 1 aliphatic carbocycles. The Morgan fingerprint density at radius 1 is 1.10 bits per heavy atom. The third-order valence-corrected chi connectivity index (χ3v) is 5.64. The molecule has 1 saturated heterocycles. The van der Waals surface area contributed by atoms with Crippen molar-refractivity contribution in [2.45, 2.75) is 31.7 Å². The molecule has 1 saturated carbocycles. The van der Waals surface area contributed by atoms with E-state index in [0.29, 0.717) is 28.8 Å². The van der Waals surface area contributed by atoms with Gasteiger partial charge in [0, 0.05) is 23.7 Å². The fraction of sp³-hybridized carbons (Fsp3) is 0.364. The minimum absolute atomic E-state index is 0.00235. The van der Waals surface area contributed by atoms with Crippen LogP contribution in [0.2, 0.25) is 0 Å². The lowest BCUT2D eigenvalue weighted by atomic mass is 10.2. The third-order valence-electron chi connectivity index (χ3n) is 5.64. The molecule has 9 heteroatoms. The van der Waals surface area contributed by atoms with E-state index < -0.39 is 0 Å². The van der Waals surface area contributed by atoms with Crippen molar-refractivity contribution in [1.29, 1.82) is 0 Å². The van der Waals surface area contributed by atoms with E-state index in [9.17, 15) is 9.59 Å². The molecule has 2 aromatic heterocycles. The monoisotopic (exact) mass is 420 g/mol. The number of likely N-dealkylation sites (N-methyl/N-ethyl adjacent to an activating group) is 1. The molecule has 2 fully saturated rings. The molecule has 0 bridgehead atoms. The zero-order valence-corrected chi connectivity index (χ0v) is 17.2. The van der Waals surface area contributed by atoms with Crippen molar-refractivity contribution in [3.63, 3.8) is 0 Å². The van der Waals surface area contributed by atoms with E-state index in [4.69, 9.17) is 4.74 Å². The topological polar surface area (TPSA) is 101 Å². The lowest BCUT2D eigenvalue weighted by Gasteiger charge is -2.18. The molecule has 9 nitrogen and oxygen atoms in total. The maximum atomic E-state index is 12.5. The molecule has 0 unspecified atom stereocenters. The van der Waals surface area contributed by atoms with Crippen LogP contribution in [0.5, 0.6) is 11.6 Å². The number of hydrogen-bond donors (Lipinski definition) is 2. The average molecular weight is 420 g/mol. The number of carbonyl (C=O) groups is 2. The number of anilines is 2. The minimum atomic E-state index is -0.0931. The second-order valence-electron chi connectivity index (χ2n) is 8.12. The van der Waals surface area contributed by atoms with Gasteiger partial charge in [-0.1, -0.05) is 6.07 Å². The largest absolute Gasteiger partial charge is 0.438 e. The molecule has 3 heterocycles. The summed E-state index contributed by atoms with van der Waals surface area (Å²) in [4.78, 5) is 30.9. The van der Waals surface area contributed by atoms with Gasteiger partial charge in [-0.25, -0.2) is 9.50 Å². The number of fused-ring (bicyclic) bond motifs is 1. The molecule has 2 aliphatic rings. The number of likely N-dealkylation sites (tertiary alicyclic amines) is 1. The molecule has 1 atom stereocenters.